The van der Waals surface area contributed by atoms with E-state index < -0.39 is 0 Å². The molecular formula is C11H23NO. The number of hydrogen-bond acceptors (Lipinski definition) is 2. The summed E-state index contributed by atoms with van der Waals surface area (Å²) < 4.78 is 0. The van der Waals surface area contributed by atoms with Gasteiger partial charge in [-0.3, -0.25) is 0 Å². The van der Waals surface area contributed by atoms with Crippen molar-refractivity contribution in [2.24, 2.45) is 11.8 Å². The van der Waals surface area contributed by atoms with Crippen LogP contribution >= 0.6 is 0 Å². The van der Waals surface area contributed by atoms with Crippen molar-refractivity contribution in [1.82, 2.24) is 5.32 Å². The smallest absolute Gasteiger partial charge is 0.0546 e. The van der Waals surface area contributed by atoms with Gasteiger partial charge in [0, 0.05) is 6.04 Å². The first-order valence-electron chi connectivity index (χ1n) is 5.49. The molecule has 0 aliphatic heterocycles. The van der Waals surface area contributed by atoms with Crippen LogP contribution < -0.4 is 5.32 Å². The summed E-state index contributed by atoms with van der Waals surface area (Å²) in [6.07, 6.45) is 3.24. The minimum absolute atomic E-state index is 0.00722. The molecule has 0 heterocycles. The molecule has 0 aromatic carbocycles. The molecular weight excluding hydrogens is 162 g/mol. The molecule has 0 radical (unpaired) electrons. The van der Waals surface area contributed by atoms with E-state index in [1.807, 2.05) is 0 Å². The Hall–Kier alpha value is -0.0800. The van der Waals surface area contributed by atoms with Gasteiger partial charge in [0.05, 0.1) is 6.10 Å². The molecule has 13 heavy (non-hydrogen) atoms. The van der Waals surface area contributed by atoms with Crippen LogP contribution in [0.4, 0.5) is 0 Å². The first kappa shape index (κ1) is 11.0. The van der Waals surface area contributed by atoms with Gasteiger partial charge < -0.3 is 10.4 Å². The van der Waals surface area contributed by atoms with E-state index in [-0.39, 0.29) is 6.10 Å². The van der Waals surface area contributed by atoms with Crippen molar-refractivity contribution in [2.75, 3.05) is 6.54 Å². The van der Waals surface area contributed by atoms with E-state index in [0.717, 1.165) is 31.2 Å². The van der Waals surface area contributed by atoms with E-state index in [1.54, 1.807) is 0 Å². The van der Waals surface area contributed by atoms with E-state index in [2.05, 4.69) is 26.1 Å². The monoisotopic (exact) mass is 185 g/mol. The average molecular weight is 185 g/mol. The summed E-state index contributed by atoms with van der Waals surface area (Å²) in [4.78, 5) is 0. The lowest BCUT2D eigenvalue weighted by Crippen LogP contribution is -2.39. The molecule has 1 aliphatic rings. The molecule has 0 spiro atoms. The average Bonchev–Trinajstić information content (AvgIpc) is 1.94. The van der Waals surface area contributed by atoms with Gasteiger partial charge in [0.2, 0.25) is 0 Å². The zero-order valence-electron chi connectivity index (χ0n) is 9.09. The van der Waals surface area contributed by atoms with Crippen LogP contribution in [0.2, 0.25) is 0 Å². The normalized spacial score (nSPS) is 30.2. The van der Waals surface area contributed by atoms with Crippen LogP contribution in [0.15, 0.2) is 0 Å². The molecule has 0 saturated heterocycles. The van der Waals surface area contributed by atoms with Crippen LogP contribution in [-0.2, 0) is 0 Å². The summed E-state index contributed by atoms with van der Waals surface area (Å²) >= 11 is 0. The van der Waals surface area contributed by atoms with Gasteiger partial charge in [-0.2, -0.15) is 0 Å². The molecule has 0 aromatic heterocycles. The van der Waals surface area contributed by atoms with Gasteiger partial charge in [0.15, 0.2) is 0 Å². The minimum atomic E-state index is -0.00722. The summed E-state index contributed by atoms with van der Waals surface area (Å²) in [5, 5.41) is 12.6. The second-order valence-corrected chi connectivity index (χ2v) is 4.93. The highest BCUT2D eigenvalue weighted by molar-refractivity contribution is 4.81. The maximum atomic E-state index is 9.10. The second kappa shape index (κ2) is 4.97. The van der Waals surface area contributed by atoms with Gasteiger partial charge >= 0.3 is 0 Å². The zero-order chi connectivity index (χ0) is 9.84. The number of aliphatic hydroxyl groups is 1. The summed E-state index contributed by atoms with van der Waals surface area (Å²) in [6.45, 7) is 7.84. The molecule has 0 bridgehead atoms. The third-order valence-corrected chi connectivity index (χ3v) is 2.79. The Bertz CT molecular complexity index is 141. The molecule has 1 atom stereocenters. The van der Waals surface area contributed by atoms with E-state index in [1.165, 1.54) is 6.42 Å². The van der Waals surface area contributed by atoms with Crippen molar-refractivity contribution >= 4 is 0 Å². The number of nitrogens with one attached hydrogen (secondary N) is 1. The van der Waals surface area contributed by atoms with Gasteiger partial charge in [-0.05, 0) is 44.6 Å². The molecule has 2 nitrogen and oxygen atoms in total. The van der Waals surface area contributed by atoms with Gasteiger partial charge in [0.1, 0.15) is 0 Å². The van der Waals surface area contributed by atoms with Gasteiger partial charge in [-0.15, -0.1) is 0 Å². The highest BCUT2D eigenvalue weighted by atomic mass is 16.3. The largest absolute Gasteiger partial charge is 0.393 e. The van der Waals surface area contributed by atoms with Crippen LogP contribution in [0.3, 0.4) is 0 Å². The maximum Gasteiger partial charge on any atom is 0.0546 e. The number of aliphatic hydroxyl groups excluding tert-OH is 1. The fourth-order valence-corrected chi connectivity index (χ4v) is 2.03. The van der Waals surface area contributed by atoms with Crippen LogP contribution in [0.25, 0.3) is 0 Å². The van der Waals surface area contributed by atoms with Crippen LogP contribution in [-0.4, -0.2) is 23.8 Å². The Morgan fingerprint density at radius 1 is 1.31 bits per heavy atom. The summed E-state index contributed by atoms with van der Waals surface area (Å²) in [5.41, 5.74) is 0. The van der Waals surface area contributed by atoms with E-state index >= 15 is 0 Å². The van der Waals surface area contributed by atoms with Crippen molar-refractivity contribution in [3.8, 4) is 0 Å². The molecule has 1 aliphatic carbocycles. The summed E-state index contributed by atoms with van der Waals surface area (Å²) in [6, 6.07) is 0.623. The maximum absolute atomic E-state index is 9.10. The predicted octanol–water partition coefficient (Wildman–Crippen LogP) is 1.78. The predicted molar refractivity (Wildman–Crippen MR) is 55.7 cm³/mol. The molecule has 2 N–H and O–H groups in total. The van der Waals surface area contributed by atoms with Crippen molar-refractivity contribution in [3.63, 3.8) is 0 Å². The summed E-state index contributed by atoms with van der Waals surface area (Å²) in [5.74, 6) is 1.50. The van der Waals surface area contributed by atoms with Gasteiger partial charge in [0.25, 0.3) is 0 Å². The lowest BCUT2D eigenvalue weighted by atomic mass is 9.82. The molecule has 1 fully saturated rings. The van der Waals surface area contributed by atoms with Crippen molar-refractivity contribution < 1.29 is 5.11 Å². The Balaban J connectivity index is 1.99. The fraction of sp³-hybridized carbons (Fsp3) is 1.00. The first-order chi connectivity index (χ1) is 6.08. The number of hydrogen-bond donors (Lipinski definition) is 2. The second-order valence-electron chi connectivity index (χ2n) is 4.93. The van der Waals surface area contributed by atoms with Gasteiger partial charge in [-0.1, -0.05) is 13.8 Å². The standard InChI is InChI=1S/C11H23NO/c1-8(2)4-9(3)12-7-10-5-11(13)6-10/h8-13H,4-7H2,1-3H3. The topological polar surface area (TPSA) is 32.3 Å². The molecule has 0 aromatic rings. The minimum Gasteiger partial charge on any atom is -0.393 e. The fourth-order valence-electron chi connectivity index (χ4n) is 2.03. The molecule has 1 saturated carbocycles. The third-order valence-electron chi connectivity index (χ3n) is 2.79. The lowest BCUT2D eigenvalue weighted by Gasteiger charge is -2.32. The van der Waals surface area contributed by atoms with Crippen LogP contribution in [0, 0.1) is 11.8 Å². The lowest BCUT2D eigenvalue weighted by molar-refractivity contribution is 0.0418. The molecule has 78 valence electrons. The highest BCUT2D eigenvalue weighted by Crippen LogP contribution is 2.26. The molecule has 1 unspecified atom stereocenters. The molecule has 2 heteroatoms. The Labute approximate surface area is 81.7 Å². The third kappa shape index (κ3) is 4.10. The Morgan fingerprint density at radius 2 is 1.92 bits per heavy atom. The van der Waals surface area contributed by atoms with Crippen molar-refractivity contribution in [1.29, 1.82) is 0 Å². The highest BCUT2D eigenvalue weighted by Gasteiger charge is 2.26. The van der Waals surface area contributed by atoms with Crippen molar-refractivity contribution in [2.45, 2.75) is 52.2 Å². The quantitative estimate of drug-likeness (QED) is 0.684. The molecule has 0 amide bonds. The summed E-state index contributed by atoms with van der Waals surface area (Å²) in [7, 11) is 0. The Kier molecular flexibility index (Phi) is 4.20. The van der Waals surface area contributed by atoms with E-state index in [9.17, 15) is 0 Å². The Morgan fingerprint density at radius 3 is 2.38 bits per heavy atom. The van der Waals surface area contributed by atoms with E-state index in [0.29, 0.717) is 6.04 Å². The van der Waals surface area contributed by atoms with Crippen LogP contribution in [0.1, 0.15) is 40.0 Å². The molecule has 1 rings (SSSR count). The van der Waals surface area contributed by atoms with Crippen molar-refractivity contribution in [3.05, 3.63) is 0 Å². The number of rotatable bonds is 5. The zero-order valence-corrected chi connectivity index (χ0v) is 9.09. The first-order valence-corrected chi connectivity index (χ1v) is 5.49. The van der Waals surface area contributed by atoms with E-state index in [4.69, 9.17) is 5.11 Å². The van der Waals surface area contributed by atoms with Gasteiger partial charge in [-0.25, -0.2) is 0 Å². The van der Waals surface area contributed by atoms with Crippen LogP contribution in [0.5, 0.6) is 0 Å². The SMILES string of the molecule is CC(C)CC(C)NCC1CC(O)C1.